The van der Waals surface area contributed by atoms with Crippen LogP contribution in [0.3, 0.4) is 0 Å². The van der Waals surface area contributed by atoms with Gasteiger partial charge in [0.05, 0.1) is 10.4 Å². The van der Waals surface area contributed by atoms with Crippen molar-refractivity contribution in [3.8, 4) is 0 Å². The number of hydrogen-bond donors (Lipinski definition) is 0. The van der Waals surface area contributed by atoms with Gasteiger partial charge in [-0.05, 0) is 33.4 Å². The van der Waals surface area contributed by atoms with Crippen LogP contribution >= 0.6 is 50.2 Å². The highest BCUT2D eigenvalue weighted by Gasteiger charge is 2.15. The van der Waals surface area contributed by atoms with Crippen LogP contribution in [0.4, 0.5) is 0 Å². The lowest BCUT2D eigenvalue weighted by molar-refractivity contribution is 0.104. The van der Waals surface area contributed by atoms with Crippen LogP contribution in [-0.4, -0.2) is 5.78 Å². The van der Waals surface area contributed by atoms with Crippen molar-refractivity contribution in [1.82, 2.24) is 0 Å². The molecule has 0 saturated heterocycles. The van der Waals surface area contributed by atoms with Gasteiger partial charge >= 0.3 is 0 Å². The molecule has 0 amide bonds. The molecule has 0 N–H and O–H groups in total. The smallest absolute Gasteiger partial charge is 0.205 e. The molecule has 72 valence electrons. The lowest BCUT2D eigenvalue weighted by atomic mass is 10.2. The Morgan fingerprint density at radius 1 is 1.43 bits per heavy atom. The maximum absolute atomic E-state index is 11.9. The Morgan fingerprint density at radius 3 is 2.71 bits per heavy atom. The molecule has 0 fully saturated rings. The fourth-order valence-corrected chi connectivity index (χ4v) is 3.32. The molecular formula is C9H4BrClOS2. The van der Waals surface area contributed by atoms with Gasteiger partial charge < -0.3 is 0 Å². The number of halogens is 2. The fraction of sp³-hybridized carbons (Fsp3) is 0. The predicted molar refractivity (Wildman–Crippen MR) is 64.8 cm³/mol. The normalized spacial score (nSPS) is 10.4. The first-order valence-electron chi connectivity index (χ1n) is 3.70. The van der Waals surface area contributed by atoms with Crippen molar-refractivity contribution < 1.29 is 4.79 Å². The van der Waals surface area contributed by atoms with Crippen LogP contribution in [0.15, 0.2) is 27.4 Å². The highest BCUT2D eigenvalue weighted by molar-refractivity contribution is 9.10. The number of carbonyl (C=O) groups is 1. The zero-order valence-electron chi connectivity index (χ0n) is 6.79. The van der Waals surface area contributed by atoms with Crippen molar-refractivity contribution in [1.29, 1.82) is 0 Å². The van der Waals surface area contributed by atoms with Crippen molar-refractivity contribution in [3.05, 3.63) is 42.1 Å². The van der Waals surface area contributed by atoms with Crippen molar-refractivity contribution in [2.45, 2.75) is 0 Å². The Balaban J connectivity index is 2.38. The van der Waals surface area contributed by atoms with Crippen molar-refractivity contribution in [2.75, 3.05) is 0 Å². The van der Waals surface area contributed by atoms with E-state index in [1.165, 1.54) is 22.7 Å². The Morgan fingerprint density at radius 2 is 2.21 bits per heavy atom. The number of thiophene rings is 2. The van der Waals surface area contributed by atoms with Crippen molar-refractivity contribution in [3.63, 3.8) is 0 Å². The second kappa shape index (κ2) is 4.14. The molecular weight excluding hydrogens is 304 g/mol. The van der Waals surface area contributed by atoms with E-state index in [1.54, 1.807) is 12.1 Å². The molecule has 2 aromatic heterocycles. The van der Waals surface area contributed by atoms with E-state index < -0.39 is 0 Å². The van der Waals surface area contributed by atoms with E-state index >= 15 is 0 Å². The van der Waals surface area contributed by atoms with Gasteiger partial charge in [0, 0.05) is 9.85 Å². The highest BCUT2D eigenvalue weighted by Crippen LogP contribution is 2.28. The van der Waals surface area contributed by atoms with Gasteiger partial charge in [0.1, 0.15) is 4.34 Å². The average Bonchev–Trinajstić information content (AvgIpc) is 2.73. The molecule has 0 aromatic carbocycles. The van der Waals surface area contributed by atoms with Gasteiger partial charge in [-0.3, -0.25) is 4.79 Å². The molecule has 0 aliphatic rings. The summed E-state index contributed by atoms with van der Waals surface area (Å²) in [5.74, 6) is -0.00745. The minimum Gasteiger partial charge on any atom is -0.288 e. The summed E-state index contributed by atoms with van der Waals surface area (Å²) in [5, 5.41) is 3.70. The third-order valence-electron chi connectivity index (χ3n) is 1.65. The molecule has 0 aliphatic carbocycles. The summed E-state index contributed by atoms with van der Waals surface area (Å²) >= 11 is 12.0. The van der Waals surface area contributed by atoms with E-state index in [4.69, 9.17) is 11.6 Å². The predicted octanol–water partition coefficient (Wildman–Crippen LogP) is 4.46. The van der Waals surface area contributed by atoms with E-state index in [9.17, 15) is 4.79 Å². The van der Waals surface area contributed by atoms with E-state index in [0.29, 0.717) is 14.8 Å². The van der Waals surface area contributed by atoms with E-state index in [2.05, 4.69) is 15.9 Å². The van der Waals surface area contributed by atoms with Gasteiger partial charge in [0.25, 0.3) is 0 Å². The average molecular weight is 308 g/mol. The molecule has 0 atom stereocenters. The number of hydrogen-bond acceptors (Lipinski definition) is 3. The molecule has 14 heavy (non-hydrogen) atoms. The first kappa shape index (κ1) is 10.4. The van der Waals surface area contributed by atoms with Gasteiger partial charge in [0.2, 0.25) is 5.78 Å². The Hall–Kier alpha value is -0.160. The number of carbonyl (C=O) groups excluding carboxylic acids is 1. The first-order valence-corrected chi connectivity index (χ1v) is 6.63. The fourth-order valence-electron chi connectivity index (χ4n) is 1.02. The van der Waals surface area contributed by atoms with Crippen molar-refractivity contribution in [2.24, 2.45) is 0 Å². The topological polar surface area (TPSA) is 17.1 Å². The standard InChI is InChI=1S/C9H4BrClOS2/c10-5-3-7(14-4-5)8(12)6-1-2-13-9(6)11/h1-4H. The van der Waals surface area contributed by atoms with E-state index in [1.807, 2.05) is 10.8 Å². The zero-order valence-corrected chi connectivity index (χ0v) is 10.8. The van der Waals surface area contributed by atoms with Crippen LogP contribution in [0.25, 0.3) is 0 Å². The van der Waals surface area contributed by atoms with Gasteiger partial charge in [-0.2, -0.15) is 0 Å². The molecule has 0 unspecified atom stereocenters. The molecule has 2 rings (SSSR count). The molecule has 2 aromatic rings. The van der Waals surface area contributed by atoms with Crippen LogP contribution in [0, 0.1) is 0 Å². The lowest BCUT2D eigenvalue weighted by Crippen LogP contribution is -1.96. The molecule has 2 heterocycles. The summed E-state index contributed by atoms with van der Waals surface area (Å²) in [4.78, 5) is 12.6. The molecule has 0 bridgehead atoms. The van der Waals surface area contributed by atoms with E-state index in [0.717, 1.165) is 4.47 Å². The van der Waals surface area contributed by atoms with Crippen molar-refractivity contribution >= 4 is 56.0 Å². The first-order chi connectivity index (χ1) is 6.68. The molecule has 0 saturated carbocycles. The molecule has 1 nitrogen and oxygen atoms in total. The summed E-state index contributed by atoms with van der Waals surface area (Å²) < 4.78 is 1.48. The minimum absolute atomic E-state index is 0.00745. The maximum atomic E-state index is 11.9. The Labute approximate surface area is 102 Å². The second-order valence-electron chi connectivity index (χ2n) is 2.57. The largest absolute Gasteiger partial charge is 0.288 e. The third kappa shape index (κ3) is 1.93. The highest BCUT2D eigenvalue weighted by atomic mass is 79.9. The summed E-state index contributed by atoms with van der Waals surface area (Å²) in [7, 11) is 0. The lowest BCUT2D eigenvalue weighted by Gasteiger charge is -1.93. The van der Waals surface area contributed by atoms with Crippen LogP contribution in [-0.2, 0) is 0 Å². The molecule has 0 aliphatic heterocycles. The summed E-state index contributed by atoms with van der Waals surface area (Å²) in [6.07, 6.45) is 0. The Bertz CT molecular complexity index is 475. The molecule has 0 radical (unpaired) electrons. The Kier molecular flexibility index (Phi) is 3.07. The monoisotopic (exact) mass is 306 g/mol. The van der Waals surface area contributed by atoms with Crippen LogP contribution in [0.1, 0.15) is 15.2 Å². The van der Waals surface area contributed by atoms with E-state index in [-0.39, 0.29) is 5.78 Å². The number of ketones is 1. The number of rotatable bonds is 2. The quantitative estimate of drug-likeness (QED) is 0.749. The van der Waals surface area contributed by atoms with Gasteiger partial charge in [-0.15, -0.1) is 22.7 Å². The van der Waals surface area contributed by atoms with Gasteiger partial charge in [-0.25, -0.2) is 0 Å². The van der Waals surface area contributed by atoms with Gasteiger partial charge in [-0.1, -0.05) is 11.6 Å². The summed E-state index contributed by atoms with van der Waals surface area (Å²) in [6.45, 7) is 0. The third-order valence-corrected chi connectivity index (χ3v) is 4.51. The SMILES string of the molecule is O=C(c1cc(Br)cs1)c1ccsc1Cl. The maximum Gasteiger partial charge on any atom is 0.205 e. The van der Waals surface area contributed by atoms with Crippen LogP contribution in [0.2, 0.25) is 4.34 Å². The second-order valence-corrected chi connectivity index (χ2v) is 5.91. The van der Waals surface area contributed by atoms with Crippen LogP contribution in [0.5, 0.6) is 0 Å². The minimum atomic E-state index is -0.00745. The molecule has 5 heteroatoms. The zero-order chi connectivity index (χ0) is 10.1. The summed E-state index contributed by atoms with van der Waals surface area (Å²) in [6, 6.07) is 3.56. The van der Waals surface area contributed by atoms with Crippen LogP contribution < -0.4 is 0 Å². The molecule has 0 spiro atoms. The van der Waals surface area contributed by atoms with Gasteiger partial charge in [0.15, 0.2) is 0 Å². The summed E-state index contributed by atoms with van der Waals surface area (Å²) in [5.41, 5.74) is 0.589.